The van der Waals surface area contributed by atoms with Crippen LogP contribution in [0.3, 0.4) is 0 Å². The molecule has 1 aromatic carbocycles. The zero-order valence-electron chi connectivity index (χ0n) is 10.1. The predicted octanol–water partition coefficient (Wildman–Crippen LogP) is 1.42. The Kier molecular flexibility index (Phi) is 3.01. The van der Waals surface area contributed by atoms with Crippen molar-refractivity contribution >= 4 is 17.4 Å². The molecule has 1 heterocycles. The van der Waals surface area contributed by atoms with Gasteiger partial charge in [0, 0.05) is 19.8 Å². The lowest BCUT2D eigenvalue weighted by Gasteiger charge is -2.16. The Morgan fingerprint density at radius 2 is 2.22 bits per heavy atom. The smallest absolute Gasteiger partial charge is 0.263 e. The number of nitrogens with zero attached hydrogens (tertiary/aromatic N) is 3. The van der Waals surface area contributed by atoms with E-state index in [1.54, 1.807) is 26.2 Å². The number of aromatic nitrogens is 2. The van der Waals surface area contributed by atoms with Gasteiger partial charge in [-0.1, -0.05) is 6.07 Å². The fourth-order valence-electron chi connectivity index (χ4n) is 1.59. The molecule has 94 valence electrons. The monoisotopic (exact) mass is 248 g/mol. The third kappa shape index (κ3) is 2.04. The summed E-state index contributed by atoms with van der Waals surface area (Å²) in [5.74, 6) is -0.444. The Hall–Kier alpha value is -2.37. The lowest BCUT2D eigenvalue weighted by atomic mass is 10.2. The summed E-state index contributed by atoms with van der Waals surface area (Å²) in [6.07, 6.45) is 1.40. The van der Waals surface area contributed by atoms with Gasteiger partial charge in [-0.15, -0.1) is 0 Å². The lowest BCUT2D eigenvalue weighted by Crippen LogP contribution is -2.26. The first-order valence-corrected chi connectivity index (χ1v) is 5.32. The van der Waals surface area contributed by atoms with Gasteiger partial charge in [0.1, 0.15) is 17.2 Å². The van der Waals surface area contributed by atoms with Crippen molar-refractivity contribution in [2.45, 2.75) is 0 Å². The highest BCUT2D eigenvalue weighted by molar-refractivity contribution is 6.08. The molecule has 0 aliphatic heterocycles. The van der Waals surface area contributed by atoms with Crippen LogP contribution in [0.5, 0.6) is 0 Å². The fourth-order valence-corrected chi connectivity index (χ4v) is 1.59. The third-order valence-electron chi connectivity index (χ3n) is 2.72. The van der Waals surface area contributed by atoms with E-state index in [1.165, 1.54) is 27.9 Å². The molecule has 0 aliphatic rings. The first-order valence-electron chi connectivity index (χ1n) is 5.32. The Morgan fingerprint density at radius 1 is 1.50 bits per heavy atom. The van der Waals surface area contributed by atoms with Crippen LogP contribution in [-0.4, -0.2) is 22.7 Å². The largest absolute Gasteiger partial charge is 0.383 e. The number of nitrogens with two attached hydrogens (primary N) is 1. The molecule has 5 nitrogen and oxygen atoms in total. The minimum Gasteiger partial charge on any atom is -0.383 e. The van der Waals surface area contributed by atoms with Crippen LogP contribution in [0.2, 0.25) is 0 Å². The molecule has 1 aromatic heterocycles. The molecule has 2 aromatic rings. The maximum absolute atomic E-state index is 13.1. The van der Waals surface area contributed by atoms with E-state index in [4.69, 9.17) is 5.73 Å². The zero-order chi connectivity index (χ0) is 13.3. The Balaban J connectivity index is 2.32. The fraction of sp³-hybridized carbons (Fsp3) is 0.167. The predicted molar refractivity (Wildman–Crippen MR) is 66.8 cm³/mol. The SMILES string of the molecule is CN(C(=O)c1cnn(C)c1N)c1cccc(F)c1. The number of hydrogen-bond donors (Lipinski definition) is 1. The van der Waals surface area contributed by atoms with Crippen LogP contribution in [0.4, 0.5) is 15.9 Å². The van der Waals surface area contributed by atoms with Crippen LogP contribution in [0.25, 0.3) is 0 Å². The van der Waals surface area contributed by atoms with E-state index in [-0.39, 0.29) is 11.7 Å². The summed E-state index contributed by atoms with van der Waals surface area (Å²) in [5, 5.41) is 3.90. The highest BCUT2D eigenvalue weighted by Crippen LogP contribution is 2.19. The van der Waals surface area contributed by atoms with Crippen molar-refractivity contribution in [1.29, 1.82) is 0 Å². The van der Waals surface area contributed by atoms with E-state index in [9.17, 15) is 9.18 Å². The van der Waals surface area contributed by atoms with Crippen molar-refractivity contribution in [1.82, 2.24) is 9.78 Å². The van der Waals surface area contributed by atoms with E-state index in [0.29, 0.717) is 11.3 Å². The summed E-state index contributed by atoms with van der Waals surface area (Å²) in [5.41, 5.74) is 6.49. The average Bonchev–Trinajstić information content (AvgIpc) is 2.68. The number of halogens is 1. The van der Waals surface area contributed by atoms with Crippen LogP contribution >= 0.6 is 0 Å². The summed E-state index contributed by atoms with van der Waals surface area (Å²) >= 11 is 0. The maximum Gasteiger partial charge on any atom is 0.263 e. The average molecular weight is 248 g/mol. The minimum absolute atomic E-state index is 0.281. The molecule has 2 rings (SSSR count). The number of aryl methyl sites for hydroxylation is 1. The van der Waals surface area contributed by atoms with E-state index in [0.717, 1.165) is 0 Å². The molecule has 0 bridgehead atoms. The molecule has 1 amide bonds. The van der Waals surface area contributed by atoms with Crippen LogP contribution < -0.4 is 10.6 Å². The Labute approximate surface area is 104 Å². The summed E-state index contributed by atoms with van der Waals surface area (Å²) in [7, 11) is 3.21. The number of anilines is 2. The summed E-state index contributed by atoms with van der Waals surface area (Å²) in [4.78, 5) is 13.5. The van der Waals surface area contributed by atoms with Crippen LogP contribution in [-0.2, 0) is 7.05 Å². The van der Waals surface area contributed by atoms with Gasteiger partial charge in [0.2, 0.25) is 0 Å². The van der Waals surface area contributed by atoms with Crippen LogP contribution in [0.15, 0.2) is 30.5 Å². The molecule has 6 heteroatoms. The van der Waals surface area contributed by atoms with E-state index < -0.39 is 5.82 Å². The number of amides is 1. The molecular weight excluding hydrogens is 235 g/mol. The van der Waals surface area contributed by atoms with Gasteiger partial charge >= 0.3 is 0 Å². The number of carbonyl (C=O) groups excluding carboxylic acids is 1. The molecule has 0 saturated heterocycles. The maximum atomic E-state index is 13.1. The Morgan fingerprint density at radius 3 is 2.78 bits per heavy atom. The first-order chi connectivity index (χ1) is 8.50. The van der Waals surface area contributed by atoms with Gasteiger partial charge in [-0.3, -0.25) is 9.48 Å². The van der Waals surface area contributed by atoms with Gasteiger partial charge in [0.25, 0.3) is 5.91 Å². The lowest BCUT2D eigenvalue weighted by molar-refractivity contribution is 0.0994. The van der Waals surface area contributed by atoms with E-state index in [1.807, 2.05) is 0 Å². The number of hydrogen-bond acceptors (Lipinski definition) is 3. The quantitative estimate of drug-likeness (QED) is 0.874. The van der Waals surface area contributed by atoms with Gasteiger partial charge in [0.05, 0.1) is 6.20 Å². The molecule has 2 N–H and O–H groups in total. The molecule has 0 atom stereocenters. The summed E-state index contributed by atoms with van der Waals surface area (Å²) in [6.45, 7) is 0. The molecule has 0 spiro atoms. The normalized spacial score (nSPS) is 10.4. The van der Waals surface area contributed by atoms with Crippen molar-refractivity contribution in [3.63, 3.8) is 0 Å². The second-order valence-electron chi connectivity index (χ2n) is 3.91. The van der Waals surface area contributed by atoms with Crippen LogP contribution in [0, 0.1) is 5.82 Å². The number of rotatable bonds is 2. The number of nitrogen functional groups attached to an aromatic ring is 1. The number of carbonyl (C=O) groups is 1. The molecule has 0 unspecified atom stereocenters. The van der Waals surface area contributed by atoms with Gasteiger partial charge in [-0.25, -0.2) is 4.39 Å². The van der Waals surface area contributed by atoms with Gasteiger partial charge < -0.3 is 10.6 Å². The van der Waals surface area contributed by atoms with Gasteiger partial charge in [-0.2, -0.15) is 5.10 Å². The molecular formula is C12H13FN4O. The second kappa shape index (κ2) is 4.48. The van der Waals surface area contributed by atoms with Crippen molar-refractivity contribution in [2.24, 2.45) is 7.05 Å². The van der Waals surface area contributed by atoms with Crippen LogP contribution in [0.1, 0.15) is 10.4 Å². The molecule has 0 fully saturated rings. The van der Waals surface area contributed by atoms with Gasteiger partial charge in [0.15, 0.2) is 0 Å². The van der Waals surface area contributed by atoms with E-state index in [2.05, 4.69) is 5.10 Å². The number of benzene rings is 1. The minimum atomic E-state index is -0.397. The van der Waals surface area contributed by atoms with E-state index >= 15 is 0 Å². The second-order valence-corrected chi connectivity index (χ2v) is 3.91. The van der Waals surface area contributed by atoms with Crippen molar-refractivity contribution < 1.29 is 9.18 Å². The van der Waals surface area contributed by atoms with Crippen molar-refractivity contribution in [3.8, 4) is 0 Å². The first kappa shape index (κ1) is 12.1. The highest BCUT2D eigenvalue weighted by atomic mass is 19.1. The molecule has 18 heavy (non-hydrogen) atoms. The summed E-state index contributed by atoms with van der Waals surface area (Å²) in [6, 6.07) is 5.79. The topological polar surface area (TPSA) is 64.2 Å². The standard InChI is InChI=1S/C12H13FN4O/c1-16(9-5-3-4-8(13)6-9)12(18)10-7-15-17(2)11(10)14/h3-7H,14H2,1-2H3. The third-order valence-corrected chi connectivity index (χ3v) is 2.72. The molecule has 0 radical (unpaired) electrons. The van der Waals surface area contributed by atoms with Gasteiger partial charge in [-0.05, 0) is 18.2 Å². The summed E-state index contributed by atoms with van der Waals surface area (Å²) < 4.78 is 14.5. The molecule has 0 aliphatic carbocycles. The molecule has 0 saturated carbocycles. The zero-order valence-corrected chi connectivity index (χ0v) is 10.1. The highest BCUT2D eigenvalue weighted by Gasteiger charge is 2.19. The van der Waals surface area contributed by atoms with Crippen molar-refractivity contribution in [2.75, 3.05) is 17.7 Å². The van der Waals surface area contributed by atoms with Crippen molar-refractivity contribution in [3.05, 3.63) is 41.8 Å². The Bertz CT molecular complexity index is 594.